The molecule has 4 nitrogen and oxygen atoms in total. The minimum Gasteiger partial charge on any atom is -1.00 e. The summed E-state index contributed by atoms with van der Waals surface area (Å²) < 4.78 is 0. The Hall–Kier alpha value is 0.395. The van der Waals surface area contributed by atoms with Gasteiger partial charge in [-0.05, 0) is 0 Å². The molecule has 0 amide bonds. The van der Waals surface area contributed by atoms with Crippen LogP contribution in [0.15, 0.2) is 0 Å². The molecule has 5 heteroatoms. The van der Waals surface area contributed by atoms with Gasteiger partial charge in [-0.15, -0.1) is 0 Å². The fourth-order valence-electron chi connectivity index (χ4n) is 0. The molecule has 0 heterocycles. The van der Waals surface area contributed by atoms with Crippen LogP contribution in [0.2, 0.25) is 0 Å². The molecule has 1 radical (unpaired) electrons. The number of rotatable bonds is 0. The van der Waals surface area contributed by atoms with E-state index in [9.17, 15) is 0 Å². The van der Waals surface area contributed by atoms with E-state index in [-0.39, 0.29) is 37.0 Å². The van der Waals surface area contributed by atoms with Crippen molar-refractivity contribution in [2.24, 2.45) is 0 Å². The van der Waals surface area contributed by atoms with E-state index in [0.29, 0.717) is 0 Å². The molecule has 0 N–H and O–H groups in total. The molecule has 29 valence electrons. The van der Waals surface area contributed by atoms with E-state index in [0.717, 1.165) is 0 Å². The van der Waals surface area contributed by atoms with Crippen LogP contribution >= 0.6 is 0 Å². The van der Waals surface area contributed by atoms with Crippen LogP contribution in [0.3, 0.4) is 0 Å². The quantitative estimate of drug-likeness (QED) is 0.406. The summed E-state index contributed by atoms with van der Waals surface area (Å²) in [5.41, 5.74) is 0. The van der Waals surface area contributed by atoms with E-state index >= 15 is 0 Å². The standard InChI is InChI=1S/La.NO3.H/c;2-1(3)4;/q;2*-1. The Bertz CT molecular complexity index is 33.8. The summed E-state index contributed by atoms with van der Waals surface area (Å²) in [5.74, 6) is 0. The Morgan fingerprint density at radius 1 is 1.60 bits per heavy atom. The van der Waals surface area contributed by atoms with Crippen LogP contribution in [0, 0.1) is 50.9 Å². The first-order chi connectivity index (χ1) is 1.73. The third-order valence-corrected chi connectivity index (χ3v) is 0. The Balaban J connectivity index is -0.0000000450. The van der Waals surface area contributed by atoms with Crippen molar-refractivity contribution in [2.45, 2.75) is 0 Å². The van der Waals surface area contributed by atoms with Gasteiger partial charge in [-0.2, -0.15) is 0 Å². The molecule has 0 atom stereocenters. The van der Waals surface area contributed by atoms with Crippen molar-refractivity contribution >= 4 is 0 Å². The monoisotopic (exact) mass is 202 g/mol. The van der Waals surface area contributed by atoms with E-state index in [1.54, 1.807) is 0 Å². The molecule has 0 aliphatic heterocycles. The van der Waals surface area contributed by atoms with Crippen molar-refractivity contribution in [3.8, 4) is 0 Å². The van der Waals surface area contributed by atoms with Crippen LogP contribution in [0.25, 0.3) is 0 Å². The van der Waals surface area contributed by atoms with E-state index in [2.05, 4.69) is 0 Å². The van der Waals surface area contributed by atoms with Gasteiger partial charge in [-0.3, -0.25) is 0 Å². The Morgan fingerprint density at radius 3 is 1.60 bits per heavy atom. The Kier molecular flexibility index (Phi) is 7.95. The van der Waals surface area contributed by atoms with Gasteiger partial charge in [-0.1, -0.05) is 0 Å². The molecule has 0 aromatic rings. The Morgan fingerprint density at radius 2 is 1.60 bits per heavy atom. The number of nitrogens with zero attached hydrogens (tertiary/aromatic N) is 1. The first-order valence-corrected chi connectivity index (χ1v) is 0.548. The third kappa shape index (κ3) is 162. The molecular weight excluding hydrogens is 201 g/mol. The summed E-state index contributed by atoms with van der Waals surface area (Å²) in [5, 5.41) is 14.8. The van der Waals surface area contributed by atoms with Gasteiger partial charge in [0.1, 0.15) is 0 Å². The fourth-order valence-corrected chi connectivity index (χ4v) is 0. The van der Waals surface area contributed by atoms with Gasteiger partial charge in [0.05, 0.1) is 5.09 Å². The Labute approximate surface area is 57.4 Å². The number of hydrogen-bond donors (Lipinski definition) is 0. The first kappa shape index (κ1) is 9.04. The van der Waals surface area contributed by atoms with Crippen molar-refractivity contribution in [2.75, 3.05) is 0 Å². The SMILES string of the molecule is O=[N+]([O-])[O-].[H-].[La]. The summed E-state index contributed by atoms with van der Waals surface area (Å²) in [4.78, 5) is 8.25. The molecule has 0 aliphatic carbocycles. The second kappa shape index (κ2) is 4.39. The van der Waals surface area contributed by atoms with Gasteiger partial charge in [0.15, 0.2) is 0 Å². The topological polar surface area (TPSA) is 66.2 Å². The van der Waals surface area contributed by atoms with E-state index < -0.39 is 5.09 Å². The fraction of sp³-hybridized carbons (Fsp3) is 0. The smallest absolute Gasteiger partial charge is 0.0689 e. The largest absolute Gasteiger partial charge is 1.00 e. The zero-order valence-electron chi connectivity index (χ0n) is 3.25. The number of hydrogen-bond acceptors (Lipinski definition) is 3. The second-order valence-corrected chi connectivity index (χ2v) is 0.224. The van der Waals surface area contributed by atoms with Crippen molar-refractivity contribution in [3.63, 3.8) is 0 Å². The summed E-state index contributed by atoms with van der Waals surface area (Å²) in [6, 6.07) is 0. The van der Waals surface area contributed by atoms with Gasteiger partial charge in [-0.25, -0.2) is 0 Å². The summed E-state index contributed by atoms with van der Waals surface area (Å²) in [6.07, 6.45) is 0. The van der Waals surface area contributed by atoms with Crippen LogP contribution in [0.5, 0.6) is 0 Å². The minimum absolute atomic E-state index is 0. The van der Waals surface area contributed by atoms with Crippen molar-refractivity contribution in [1.29, 1.82) is 0 Å². The molecule has 0 aromatic heterocycles. The van der Waals surface area contributed by atoms with Gasteiger partial charge in [0.25, 0.3) is 0 Å². The molecule has 5 heavy (non-hydrogen) atoms. The molecular formula is HLaNO3-2. The van der Waals surface area contributed by atoms with Crippen LogP contribution in [-0.4, -0.2) is 5.09 Å². The second-order valence-electron chi connectivity index (χ2n) is 0.224. The molecule has 0 fully saturated rings. The molecule has 0 rings (SSSR count). The minimum atomic E-state index is -1.75. The predicted octanol–water partition coefficient (Wildman–Crippen LogP) is -0.127. The van der Waals surface area contributed by atoms with Gasteiger partial charge < -0.3 is 16.7 Å². The summed E-state index contributed by atoms with van der Waals surface area (Å²) in [7, 11) is 0. The molecule has 0 aromatic carbocycles. The zero-order valence-corrected chi connectivity index (χ0v) is 5.88. The average molecular weight is 202 g/mol. The molecule has 0 unspecified atom stereocenters. The summed E-state index contributed by atoms with van der Waals surface area (Å²) >= 11 is 0. The van der Waals surface area contributed by atoms with Crippen LogP contribution in [0.4, 0.5) is 0 Å². The molecule has 0 saturated heterocycles. The maximum atomic E-state index is 8.25. The molecule has 0 aliphatic rings. The zero-order chi connectivity index (χ0) is 3.58. The van der Waals surface area contributed by atoms with Gasteiger partial charge in [0, 0.05) is 35.6 Å². The average Bonchev–Trinajstić information content (AvgIpc) is 0.811. The van der Waals surface area contributed by atoms with E-state index in [1.807, 2.05) is 0 Å². The maximum Gasteiger partial charge on any atom is 0.0689 e. The van der Waals surface area contributed by atoms with E-state index in [4.69, 9.17) is 15.3 Å². The molecule has 0 spiro atoms. The summed E-state index contributed by atoms with van der Waals surface area (Å²) in [6.45, 7) is 0. The molecule has 0 bridgehead atoms. The van der Waals surface area contributed by atoms with Crippen molar-refractivity contribution < 1.29 is 42.1 Å². The van der Waals surface area contributed by atoms with Crippen molar-refractivity contribution in [3.05, 3.63) is 15.3 Å². The predicted molar refractivity (Wildman–Crippen MR) is 11.5 cm³/mol. The van der Waals surface area contributed by atoms with Gasteiger partial charge in [0.2, 0.25) is 0 Å². The maximum absolute atomic E-state index is 8.25. The van der Waals surface area contributed by atoms with Crippen LogP contribution in [-0.2, 0) is 0 Å². The van der Waals surface area contributed by atoms with Crippen LogP contribution < -0.4 is 0 Å². The third-order valence-electron chi connectivity index (χ3n) is 0. The normalized spacial score (nSPS) is 4.80. The van der Waals surface area contributed by atoms with Crippen LogP contribution in [0.1, 0.15) is 1.43 Å². The van der Waals surface area contributed by atoms with E-state index in [1.165, 1.54) is 0 Å². The van der Waals surface area contributed by atoms with Crippen molar-refractivity contribution in [1.82, 2.24) is 0 Å². The molecule has 0 saturated carbocycles. The van der Waals surface area contributed by atoms with Gasteiger partial charge >= 0.3 is 0 Å². The first-order valence-electron chi connectivity index (χ1n) is 0.548.